The van der Waals surface area contributed by atoms with Gasteiger partial charge < -0.3 is 10.6 Å². The molecule has 122 valence electrons. The summed E-state index contributed by atoms with van der Waals surface area (Å²) in [5.74, 6) is 0.334. The number of piperazine rings is 1. The lowest BCUT2D eigenvalue weighted by Gasteiger charge is -2.44. The van der Waals surface area contributed by atoms with Gasteiger partial charge in [-0.3, -0.25) is 9.69 Å². The summed E-state index contributed by atoms with van der Waals surface area (Å²) in [4.78, 5) is 17.6. The van der Waals surface area contributed by atoms with Crippen molar-refractivity contribution in [1.82, 2.24) is 9.80 Å². The van der Waals surface area contributed by atoms with E-state index in [0.29, 0.717) is 12.5 Å². The SMILES string of the molecule is CC(C)(C)N1CCN(C(=O)C2(CN)CCCCCC2)CC1. The third-order valence-electron chi connectivity index (χ3n) is 5.42. The molecule has 2 N–H and O–H groups in total. The molecule has 1 aliphatic heterocycles. The lowest BCUT2D eigenvalue weighted by molar-refractivity contribution is -0.145. The number of amides is 1. The second-order valence-corrected chi connectivity index (χ2v) is 7.85. The smallest absolute Gasteiger partial charge is 0.230 e. The van der Waals surface area contributed by atoms with Crippen molar-refractivity contribution in [3.05, 3.63) is 0 Å². The van der Waals surface area contributed by atoms with Crippen molar-refractivity contribution in [3.8, 4) is 0 Å². The molecule has 0 bridgehead atoms. The minimum absolute atomic E-state index is 0.197. The highest BCUT2D eigenvalue weighted by Gasteiger charge is 2.41. The van der Waals surface area contributed by atoms with Crippen LogP contribution in [-0.4, -0.2) is 54.0 Å². The third-order valence-corrected chi connectivity index (χ3v) is 5.42. The van der Waals surface area contributed by atoms with Gasteiger partial charge in [-0.1, -0.05) is 25.7 Å². The highest BCUT2D eigenvalue weighted by atomic mass is 16.2. The molecule has 4 nitrogen and oxygen atoms in total. The second kappa shape index (κ2) is 6.66. The molecule has 1 aliphatic carbocycles. The number of nitrogens with two attached hydrogens (primary N) is 1. The molecule has 2 rings (SSSR count). The molecule has 2 fully saturated rings. The maximum Gasteiger partial charge on any atom is 0.230 e. The van der Waals surface area contributed by atoms with E-state index in [2.05, 4.69) is 30.6 Å². The minimum Gasteiger partial charge on any atom is -0.340 e. The highest BCUT2D eigenvalue weighted by molar-refractivity contribution is 5.83. The molecule has 1 amide bonds. The van der Waals surface area contributed by atoms with Gasteiger partial charge in [0.25, 0.3) is 0 Å². The average Bonchev–Trinajstić information content (AvgIpc) is 2.72. The Hall–Kier alpha value is -0.610. The topological polar surface area (TPSA) is 49.6 Å². The van der Waals surface area contributed by atoms with Crippen molar-refractivity contribution in [1.29, 1.82) is 0 Å². The number of carbonyl (C=O) groups is 1. The molecular weight excluding hydrogens is 262 g/mol. The van der Waals surface area contributed by atoms with Crippen LogP contribution in [0.15, 0.2) is 0 Å². The number of nitrogens with zero attached hydrogens (tertiary/aromatic N) is 2. The molecule has 0 aromatic rings. The first-order chi connectivity index (χ1) is 9.89. The van der Waals surface area contributed by atoms with Crippen LogP contribution in [-0.2, 0) is 4.79 Å². The number of hydrogen-bond acceptors (Lipinski definition) is 3. The van der Waals surface area contributed by atoms with Crippen molar-refractivity contribution in [2.24, 2.45) is 11.1 Å². The Morgan fingerprint density at radius 3 is 1.95 bits per heavy atom. The zero-order valence-corrected chi connectivity index (χ0v) is 14.2. The van der Waals surface area contributed by atoms with Crippen LogP contribution in [0.3, 0.4) is 0 Å². The predicted octanol–water partition coefficient (Wildman–Crippen LogP) is 2.23. The van der Waals surface area contributed by atoms with E-state index in [1.807, 2.05) is 0 Å². The van der Waals surface area contributed by atoms with Crippen molar-refractivity contribution >= 4 is 5.91 Å². The molecule has 0 unspecified atom stereocenters. The zero-order chi connectivity index (χ0) is 15.5. The Balaban J connectivity index is 1.99. The van der Waals surface area contributed by atoms with Gasteiger partial charge in [0, 0.05) is 38.3 Å². The van der Waals surface area contributed by atoms with Crippen LogP contribution in [0, 0.1) is 5.41 Å². The van der Waals surface area contributed by atoms with E-state index in [0.717, 1.165) is 51.9 Å². The molecule has 0 atom stereocenters. The van der Waals surface area contributed by atoms with Crippen molar-refractivity contribution < 1.29 is 4.79 Å². The van der Waals surface area contributed by atoms with E-state index >= 15 is 0 Å². The summed E-state index contributed by atoms with van der Waals surface area (Å²) in [6.07, 6.45) is 6.80. The summed E-state index contributed by atoms with van der Waals surface area (Å²) in [5.41, 5.74) is 5.99. The third kappa shape index (κ3) is 3.78. The molecule has 0 aromatic carbocycles. The maximum atomic E-state index is 13.0. The summed E-state index contributed by atoms with van der Waals surface area (Å²) in [6.45, 7) is 10.9. The van der Waals surface area contributed by atoms with Gasteiger partial charge in [-0.25, -0.2) is 0 Å². The van der Waals surface area contributed by atoms with Crippen molar-refractivity contribution in [3.63, 3.8) is 0 Å². The van der Waals surface area contributed by atoms with Gasteiger partial charge in [0.2, 0.25) is 5.91 Å². The monoisotopic (exact) mass is 295 g/mol. The summed E-state index contributed by atoms with van der Waals surface area (Å²) in [7, 11) is 0. The summed E-state index contributed by atoms with van der Waals surface area (Å²) >= 11 is 0. The molecule has 0 radical (unpaired) electrons. The molecule has 2 aliphatic rings. The molecule has 0 aromatic heterocycles. The van der Waals surface area contributed by atoms with Crippen LogP contribution < -0.4 is 5.73 Å². The Morgan fingerprint density at radius 1 is 1.00 bits per heavy atom. The fourth-order valence-corrected chi connectivity index (χ4v) is 3.83. The first-order valence-corrected chi connectivity index (χ1v) is 8.64. The van der Waals surface area contributed by atoms with Gasteiger partial charge in [0.15, 0.2) is 0 Å². The van der Waals surface area contributed by atoms with Gasteiger partial charge in [-0.2, -0.15) is 0 Å². The quantitative estimate of drug-likeness (QED) is 0.795. The molecule has 4 heteroatoms. The Labute approximate surface area is 130 Å². The Bertz CT molecular complexity index is 346. The van der Waals surface area contributed by atoms with Crippen LogP contribution in [0.5, 0.6) is 0 Å². The fraction of sp³-hybridized carbons (Fsp3) is 0.941. The van der Waals surface area contributed by atoms with Gasteiger partial charge in [-0.15, -0.1) is 0 Å². The number of rotatable bonds is 2. The van der Waals surface area contributed by atoms with Gasteiger partial charge in [0.05, 0.1) is 5.41 Å². The van der Waals surface area contributed by atoms with Gasteiger partial charge in [0.1, 0.15) is 0 Å². The van der Waals surface area contributed by atoms with E-state index in [9.17, 15) is 4.79 Å². The van der Waals surface area contributed by atoms with Gasteiger partial charge in [-0.05, 0) is 33.6 Å². The van der Waals surface area contributed by atoms with E-state index in [1.165, 1.54) is 12.8 Å². The zero-order valence-electron chi connectivity index (χ0n) is 14.2. The standard InChI is InChI=1S/C17H33N3O/c1-16(2,3)20-12-10-19(11-13-20)15(21)17(14-18)8-6-4-5-7-9-17/h4-14,18H2,1-3H3. The van der Waals surface area contributed by atoms with Crippen LogP contribution >= 0.6 is 0 Å². The largest absolute Gasteiger partial charge is 0.340 e. The molecule has 1 saturated carbocycles. The van der Waals surface area contributed by atoms with E-state index < -0.39 is 0 Å². The van der Waals surface area contributed by atoms with Crippen LogP contribution in [0.2, 0.25) is 0 Å². The maximum absolute atomic E-state index is 13.0. The van der Waals surface area contributed by atoms with E-state index in [1.54, 1.807) is 0 Å². The van der Waals surface area contributed by atoms with E-state index in [4.69, 9.17) is 5.73 Å². The van der Waals surface area contributed by atoms with Crippen LogP contribution in [0.1, 0.15) is 59.3 Å². The summed E-state index contributed by atoms with van der Waals surface area (Å²) < 4.78 is 0. The normalized spacial score (nSPS) is 24.7. The summed E-state index contributed by atoms with van der Waals surface area (Å²) in [5, 5.41) is 0. The number of hydrogen-bond donors (Lipinski definition) is 1. The first kappa shape index (κ1) is 16.8. The van der Waals surface area contributed by atoms with Crippen LogP contribution in [0.25, 0.3) is 0 Å². The highest BCUT2D eigenvalue weighted by Crippen LogP contribution is 2.36. The lowest BCUT2D eigenvalue weighted by atomic mass is 9.79. The molecule has 1 saturated heterocycles. The van der Waals surface area contributed by atoms with E-state index in [-0.39, 0.29) is 11.0 Å². The molecule has 21 heavy (non-hydrogen) atoms. The summed E-state index contributed by atoms with van der Waals surface area (Å²) in [6, 6.07) is 0. The van der Waals surface area contributed by atoms with Crippen molar-refractivity contribution in [2.75, 3.05) is 32.7 Å². The second-order valence-electron chi connectivity index (χ2n) is 7.85. The lowest BCUT2D eigenvalue weighted by Crippen LogP contribution is -2.58. The Morgan fingerprint density at radius 2 is 1.52 bits per heavy atom. The molecule has 0 spiro atoms. The van der Waals surface area contributed by atoms with Crippen LogP contribution in [0.4, 0.5) is 0 Å². The predicted molar refractivity (Wildman–Crippen MR) is 87.1 cm³/mol. The fourth-order valence-electron chi connectivity index (χ4n) is 3.83. The molecule has 1 heterocycles. The van der Waals surface area contributed by atoms with Gasteiger partial charge >= 0.3 is 0 Å². The first-order valence-electron chi connectivity index (χ1n) is 8.64. The minimum atomic E-state index is -0.263. The number of carbonyl (C=O) groups excluding carboxylic acids is 1. The Kier molecular flexibility index (Phi) is 5.31. The average molecular weight is 295 g/mol. The van der Waals surface area contributed by atoms with Crippen molar-refractivity contribution in [2.45, 2.75) is 64.8 Å². The molecular formula is C17H33N3O.